The molecule has 1 heterocycles. The molecule has 2 rings (SSSR count). The van der Waals surface area contributed by atoms with E-state index in [0.717, 1.165) is 0 Å². The van der Waals surface area contributed by atoms with Gasteiger partial charge in [0.15, 0.2) is 5.58 Å². The molecule has 0 amide bonds. The van der Waals surface area contributed by atoms with Crippen LogP contribution in [0.25, 0.3) is 11.0 Å². The number of nitrogens with zero attached hydrogens (tertiary/aromatic N) is 1. The Kier molecular flexibility index (Phi) is 3.09. The number of benzene rings is 1. The minimum absolute atomic E-state index is 0.164. The van der Waals surface area contributed by atoms with Crippen LogP contribution in [0.15, 0.2) is 32.6 Å². The van der Waals surface area contributed by atoms with Gasteiger partial charge in [-0.15, -0.1) is 0 Å². The van der Waals surface area contributed by atoms with E-state index in [1.807, 2.05) is 0 Å². The Bertz CT molecular complexity index is 676. The fraction of sp³-hybridized carbons (Fsp3) is 0.0909. The van der Waals surface area contributed by atoms with E-state index in [-0.39, 0.29) is 21.9 Å². The first kappa shape index (κ1) is 12.0. The number of hydrogen-bond acceptors (Lipinski definition) is 4. The fourth-order valence-corrected chi connectivity index (χ4v) is 2.01. The minimum Gasteiger partial charge on any atom is -0.421 e. The molecule has 2 aromatic rings. The Morgan fingerprint density at radius 2 is 2.06 bits per heavy atom. The Balaban J connectivity index is 2.85. The number of halogens is 2. The molecule has 0 radical (unpaired) electrons. The monoisotopic (exact) mass is 271 g/mol. The smallest absolute Gasteiger partial charge is 0.345 e. The van der Waals surface area contributed by atoms with Crippen LogP contribution >= 0.6 is 23.2 Å². The number of hydrogen-bond donors (Lipinski definition) is 1. The molecule has 1 aromatic carbocycles. The molecule has 0 aliphatic carbocycles. The first-order valence-corrected chi connectivity index (χ1v) is 5.40. The lowest BCUT2D eigenvalue weighted by Gasteiger charge is -2.02. The molecule has 0 saturated carbocycles. The third-order valence-electron chi connectivity index (χ3n) is 2.29. The van der Waals surface area contributed by atoms with Crippen LogP contribution < -0.4 is 5.63 Å². The summed E-state index contributed by atoms with van der Waals surface area (Å²) < 4.78 is 5.06. The van der Waals surface area contributed by atoms with Crippen LogP contribution in [0.3, 0.4) is 0 Å². The summed E-state index contributed by atoms with van der Waals surface area (Å²) in [5.41, 5.74) is -0.0253. The largest absolute Gasteiger partial charge is 0.421 e. The van der Waals surface area contributed by atoms with Gasteiger partial charge in [0.2, 0.25) is 0 Å². The number of rotatable bonds is 1. The van der Waals surface area contributed by atoms with Crippen molar-refractivity contribution in [3.05, 3.63) is 44.2 Å². The van der Waals surface area contributed by atoms with Crippen molar-refractivity contribution in [3.63, 3.8) is 0 Å². The normalized spacial score (nSPS) is 12.1. The molecule has 88 valence electrons. The molecule has 4 nitrogen and oxygen atoms in total. The average Bonchev–Trinajstić information content (AvgIpc) is 2.28. The molecule has 6 heteroatoms. The van der Waals surface area contributed by atoms with E-state index in [1.54, 1.807) is 6.07 Å². The molecule has 17 heavy (non-hydrogen) atoms. The van der Waals surface area contributed by atoms with Gasteiger partial charge < -0.3 is 9.62 Å². The van der Waals surface area contributed by atoms with Gasteiger partial charge in [-0.3, -0.25) is 0 Å². The van der Waals surface area contributed by atoms with Gasteiger partial charge in [-0.1, -0.05) is 28.4 Å². The first-order chi connectivity index (χ1) is 8.02. The lowest BCUT2D eigenvalue weighted by Crippen LogP contribution is -2.12. The maximum Gasteiger partial charge on any atom is 0.345 e. The van der Waals surface area contributed by atoms with Crippen molar-refractivity contribution >= 4 is 39.9 Å². The third kappa shape index (κ3) is 2.14. The molecule has 0 saturated heterocycles. The number of fused-ring (bicyclic) bond motifs is 1. The van der Waals surface area contributed by atoms with Crippen molar-refractivity contribution in [3.8, 4) is 0 Å². The van der Waals surface area contributed by atoms with Gasteiger partial charge in [0, 0.05) is 10.4 Å². The summed E-state index contributed by atoms with van der Waals surface area (Å²) in [6.45, 7) is 1.49. The third-order valence-corrected chi connectivity index (χ3v) is 2.79. The molecule has 0 fully saturated rings. The lowest BCUT2D eigenvalue weighted by atomic mass is 10.1. The summed E-state index contributed by atoms with van der Waals surface area (Å²) >= 11 is 11.7. The van der Waals surface area contributed by atoms with Gasteiger partial charge >= 0.3 is 5.63 Å². The van der Waals surface area contributed by atoms with Gasteiger partial charge in [-0.25, -0.2) is 4.79 Å². The molecular formula is C11H7Cl2NO3. The van der Waals surface area contributed by atoms with Crippen LogP contribution in [0.1, 0.15) is 12.5 Å². The van der Waals surface area contributed by atoms with Gasteiger partial charge in [0.25, 0.3) is 0 Å². The number of oxime groups is 1. The van der Waals surface area contributed by atoms with Gasteiger partial charge in [0.05, 0.1) is 16.3 Å². The van der Waals surface area contributed by atoms with Crippen molar-refractivity contribution in [2.24, 2.45) is 5.16 Å². The molecule has 1 N–H and O–H groups in total. The van der Waals surface area contributed by atoms with E-state index < -0.39 is 5.63 Å². The summed E-state index contributed by atoms with van der Waals surface area (Å²) in [6.07, 6.45) is 0. The summed E-state index contributed by atoms with van der Waals surface area (Å²) in [6, 6.07) is 4.62. The molecule has 0 spiro atoms. The van der Waals surface area contributed by atoms with Crippen LogP contribution in [0.5, 0.6) is 0 Å². The predicted molar refractivity (Wildman–Crippen MR) is 66.5 cm³/mol. The second-order valence-electron chi connectivity index (χ2n) is 3.44. The lowest BCUT2D eigenvalue weighted by molar-refractivity contribution is 0.319. The Morgan fingerprint density at radius 1 is 1.35 bits per heavy atom. The van der Waals surface area contributed by atoms with E-state index >= 15 is 0 Å². The summed E-state index contributed by atoms with van der Waals surface area (Å²) in [5, 5.41) is 12.9. The van der Waals surface area contributed by atoms with Crippen LogP contribution in [0, 0.1) is 0 Å². The zero-order valence-electron chi connectivity index (χ0n) is 8.70. The highest BCUT2D eigenvalue weighted by Crippen LogP contribution is 2.27. The van der Waals surface area contributed by atoms with Crippen molar-refractivity contribution in [2.75, 3.05) is 0 Å². The van der Waals surface area contributed by atoms with E-state index in [1.165, 1.54) is 19.1 Å². The first-order valence-electron chi connectivity index (χ1n) is 4.65. The van der Waals surface area contributed by atoms with Crippen molar-refractivity contribution in [1.29, 1.82) is 0 Å². The molecule has 1 aromatic heterocycles. The van der Waals surface area contributed by atoms with E-state index in [9.17, 15) is 4.79 Å². The van der Waals surface area contributed by atoms with Gasteiger partial charge in [-0.05, 0) is 25.1 Å². The summed E-state index contributed by atoms with van der Waals surface area (Å²) in [4.78, 5) is 11.6. The van der Waals surface area contributed by atoms with Crippen molar-refractivity contribution in [2.45, 2.75) is 6.92 Å². The maximum absolute atomic E-state index is 11.6. The second-order valence-corrected chi connectivity index (χ2v) is 4.28. The Labute approximate surface area is 106 Å². The predicted octanol–water partition coefficient (Wildman–Crippen LogP) is 3.30. The van der Waals surface area contributed by atoms with Crippen molar-refractivity contribution in [1.82, 2.24) is 0 Å². The minimum atomic E-state index is -0.614. The molecule has 0 aliphatic rings. The molecule has 0 bridgehead atoms. The SMILES string of the molecule is CC(=NO)c1cc2cc(Cl)cc(Cl)c2oc1=O. The van der Waals surface area contributed by atoms with E-state index in [0.29, 0.717) is 10.4 Å². The molecular weight excluding hydrogens is 265 g/mol. The highest BCUT2D eigenvalue weighted by molar-refractivity contribution is 6.38. The average molecular weight is 272 g/mol. The standard InChI is InChI=1S/C11H7Cl2NO3/c1-5(14-16)8-3-6-2-7(12)4-9(13)10(6)17-11(8)15/h2-4,16H,1H3. The van der Waals surface area contributed by atoms with Gasteiger partial charge in [-0.2, -0.15) is 0 Å². The zero-order valence-corrected chi connectivity index (χ0v) is 10.2. The van der Waals surface area contributed by atoms with E-state index in [4.69, 9.17) is 32.8 Å². The second kappa shape index (κ2) is 4.39. The van der Waals surface area contributed by atoms with E-state index in [2.05, 4.69) is 5.16 Å². The van der Waals surface area contributed by atoms with Crippen LogP contribution in [-0.4, -0.2) is 10.9 Å². The quantitative estimate of drug-likeness (QED) is 0.375. The fourth-order valence-electron chi connectivity index (χ4n) is 1.46. The molecule has 0 aliphatic heterocycles. The van der Waals surface area contributed by atoms with Crippen LogP contribution in [-0.2, 0) is 0 Å². The summed E-state index contributed by atoms with van der Waals surface area (Å²) in [5.74, 6) is 0. The van der Waals surface area contributed by atoms with Crippen LogP contribution in [0.2, 0.25) is 10.0 Å². The Morgan fingerprint density at radius 3 is 2.71 bits per heavy atom. The van der Waals surface area contributed by atoms with Crippen LogP contribution in [0.4, 0.5) is 0 Å². The zero-order chi connectivity index (χ0) is 12.6. The maximum atomic E-state index is 11.6. The van der Waals surface area contributed by atoms with Gasteiger partial charge in [0.1, 0.15) is 0 Å². The Hall–Kier alpha value is -1.52. The van der Waals surface area contributed by atoms with Crippen molar-refractivity contribution < 1.29 is 9.62 Å². The highest BCUT2D eigenvalue weighted by atomic mass is 35.5. The molecule has 0 unspecified atom stereocenters. The highest BCUT2D eigenvalue weighted by Gasteiger charge is 2.11. The molecule has 0 atom stereocenters. The topological polar surface area (TPSA) is 62.8 Å². The summed E-state index contributed by atoms with van der Waals surface area (Å²) in [7, 11) is 0.